The molecule has 4 heteroatoms. The van der Waals surface area contributed by atoms with Gasteiger partial charge in [-0.3, -0.25) is 9.59 Å². The highest BCUT2D eigenvalue weighted by atomic mass is 16.1. The Hall–Kier alpha value is -1.84. The maximum atomic E-state index is 10.8. The Morgan fingerprint density at radius 1 is 1.43 bits per heavy atom. The van der Waals surface area contributed by atoms with Crippen molar-refractivity contribution in [1.82, 2.24) is 0 Å². The lowest BCUT2D eigenvalue weighted by molar-refractivity contribution is -0.114. The highest BCUT2D eigenvalue weighted by molar-refractivity contribution is 5.90. The normalized spacial score (nSPS) is 9.29. The SMILES string of the molecule is CC(=O)Nc1ccc(C)c(NC=O)c1. The molecule has 2 amide bonds. The van der Waals surface area contributed by atoms with E-state index in [0.29, 0.717) is 17.8 Å². The number of anilines is 2. The van der Waals surface area contributed by atoms with Crippen LogP contribution in [0.25, 0.3) is 0 Å². The van der Waals surface area contributed by atoms with Crippen LogP contribution in [0.15, 0.2) is 18.2 Å². The van der Waals surface area contributed by atoms with Gasteiger partial charge in [0.1, 0.15) is 0 Å². The topological polar surface area (TPSA) is 58.2 Å². The Bertz CT molecular complexity index is 361. The van der Waals surface area contributed by atoms with Gasteiger partial charge < -0.3 is 10.6 Å². The minimum Gasteiger partial charge on any atom is -0.328 e. The second-order valence-electron chi connectivity index (χ2n) is 2.97. The van der Waals surface area contributed by atoms with Crippen LogP contribution in [0.1, 0.15) is 12.5 Å². The molecular weight excluding hydrogens is 180 g/mol. The largest absolute Gasteiger partial charge is 0.328 e. The van der Waals surface area contributed by atoms with E-state index in [4.69, 9.17) is 0 Å². The lowest BCUT2D eigenvalue weighted by atomic mass is 10.2. The van der Waals surface area contributed by atoms with E-state index >= 15 is 0 Å². The molecule has 0 aliphatic rings. The van der Waals surface area contributed by atoms with E-state index in [0.717, 1.165) is 5.56 Å². The molecule has 0 radical (unpaired) electrons. The lowest BCUT2D eigenvalue weighted by Gasteiger charge is -2.07. The zero-order valence-electron chi connectivity index (χ0n) is 8.13. The number of nitrogens with one attached hydrogen (secondary N) is 2. The van der Waals surface area contributed by atoms with Crippen molar-refractivity contribution in [2.45, 2.75) is 13.8 Å². The summed E-state index contributed by atoms with van der Waals surface area (Å²) in [7, 11) is 0. The molecule has 2 N–H and O–H groups in total. The van der Waals surface area contributed by atoms with Gasteiger partial charge in [0.25, 0.3) is 0 Å². The number of carbonyl (C=O) groups is 2. The molecule has 1 aromatic carbocycles. The number of amides is 2. The number of rotatable bonds is 3. The van der Waals surface area contributed by atoms with Crippen LogP contribution in [-0.4, -0.2) is 12.3 Å². The Morgan fingerprint density at radius 3 is 2.71 bits per heavy atom. The fourth-order valence-corrected chi connectivity index (χ4v) is 1.12. The van der Waals surface area contributed by atoms with Gasteiger partial charge in [0, 0.05) is 18.3 Å². The van der Waals surface area contributed by atoms with Gasteiger partial charge in [-0.05, 0) is 24.6 Å². The highest BCUT2D eigenvalue weighted by Crippen LogP contribution is 2.19. The first-order valence-electron chi connectivity index (χ1n) is 4.22. The molecule has 14 heavy (non-hydrogen) atoms. The summed E-state index contributed by atoms with van der Waals surface area (Å²) in [6.45, 7) is 3.32. The Labute approximate surface area is 82.3 Å². The molecule has 1 aromatic rings. The van der Waals surface area contributed by atoms with Crippen molar-refractivity contribution in [2.24, 2.45) is 0 Å². The van der Waals surface area contributed by atoms with Gasteiger partial charge in [-0.2, -0.15) is 0 Å². The van der Waals surface area contributed by atoms with E-state index in [1.807, 2.05) is 13.0 Å². The zero-order chi connectivity index (χ0) is 10.6. The molecule has 74 valence electrons. The molecule has 1 rings (SSSR count). The third-order valence-electron chi connectivity index (χ3n) is 1.77. The monoisotopic (exact) mass is 192 g/mol. The summed E-state index contributed by atoms with van der Waals surface area (Å²) in [5, 5.41) is 5.19. The van der Waals surface area contributed by atoms with Crippen LogP contribution in [0.3, 0.4) is 0 Å². The molecule has 0 saturated heterocycles. The van der Waals surface area contributed by atoms with Gasteiger partial charge in [-0.15, -0.1) is 0 Å². The molecule has 0 atom stereocenters. The minimum absolute atomic E-state index is 0.133. The summed E-state index contributed by atoms with van der Waals surface area (Å²) in [6, 6.07) is 5.33. The summed E-state index contributed by atoms with van der Waals surface area (Å²) in [5.74, 6) is -0.133. The molecule has 0 fully saturated rings. The Morgan fingerprint density at radius 2 is 2.14 bits per heavy atom. The van der Waals surface area contributed by atoms with Crippen LogP contribution in [0.2, 0.25) is 0 Å². The summed E-state index contributed by atoms with van der Waals surface area (Å²) in [4.78, 5) is 21.0. The van der Waals surface area contributed by atoms with E-state index < -0.39 is 0 Å². The summed E-state index contributed by atoms with van der Waals surface area (Å²) in [5.41, 5.74) is 2.32. The molecule has 0 aliphatic heterocycles. The van der Waals surface area contributed by atoms with E-state index in [1.54, 1.807) is 12.1 Å². The first kappa shape index (κ1) is 10.2. The van der Waals surface area contributed by atoms with Crippen LogP contribution >= 0.6 is 0 Å². The molecule has 0 aliphatic carbocycles. The molecule has 4 nitrogen and oxygen atoms in total. The number of carbonyl (C=O) groups excluding carboxylic acids is 2. The predicted octanol–water partition coefficient (Wildman–Crippen LogP) is 1.52. The van der Waals surface area contributed by atoms with Crippen LogP contribution in [0.5, 0.6) is 0 Å². The molecule has 0 saturated carbocycles. The second-order valence-corrected chi connectivity index (χ2v) is 2.97. The van der Waals surface area contributed by atoms with Crippen molar-refractivity contribution < 1.29 is 9.59 Å². The standard InChI is InChI=1S/C10H12N2O2/c1-7-3-4-9(12-8(2)14)5-10(7)11-6-13/h3-6H,1-2H3,(H,11,13)(H,12,14). The first-order chi connectivity index (χ1) is 6.63. The molecule has 0 spiro atoms. The highest BCUT2D eigenvalue weighted by Gasteiger charge is 2.00. The fraction of sp³-hybridized carbons (Fsp3) is 0.200. The lowest BCUT2D eigenvalue weighted by Crippen LogP contribution is -2.06. The van der Waals surface area contributed by atoms with E-state index in [1.165, 1.54) is 6.92 Å². The molecule has 0 aromatic heterocycles. The average molecular weight is 192 g/mol. The minimum atomic E-state index is -0.133. The number of hydrogen-bond acceptors (Lipinski definition) is 2. The van der Waals surface area contributed by atoms with Crippen LogP contribution in [0.4, 0.5) is 11.4 Å². The van der Waals surface area contributed by atoms with Crippen molar-refractivity contribution in [3.63, 3.8) is 0 Å². The smallest absolute Gasteiger partial charge is 0.221 e. The third-order valence-corrected chi connectivity index (χ3v) is 1.77. The van der Waals surface area contributed by atoms with Gasteiger partial charge in [-0.1, -0.05) is 6.07 Å². The Balaban J connectivity index is 2.93. The maximum Gasteiger partial charge on any atom is 0.221 e. The maximum absolute atomic E-state index is 10.8. The van der Waals surface area contributed by atoms with Crippen molar-refractivity contribution in [3.05, 3.63) is 23.8 Å². The second kappa shape index (κ2) is 4.41. The summed E-state index contributed by atoms with van der Waals surface area (Å²) in [6.07, 6.45) is 0.611. The van der Waals surface area contributed by atoms with Gasteiger partial charge in [-0.25, -0.2) is 0 Å². The fourth-order valence-electron chi connectivity index (χ4n) is 1.12. The van der Waals surface area contributed by atoms with Crippen LogP contribution in [-0.2, 0) is 9.59 Å². The van der Waals surface area contributed by atoms with Crippen molar-refractivity contribution in [3.8, 4) is 0 Å². The number of aryl methyl sites for hydroxylation is 1. The van der Waals surface area contributed by atoms with Crippen molar-refractivity contribution in [1.29, 1.82) is 0 Å². The van der Waals surface area contributed by atoms with Gasteiger partial charge in [0.15, 0.2) is 0 Å². The predicted molar refractivity (Wildman–Crippen MR) is 55.2 cm³/mol. The average Bonchev–Trinajstić information content (AvgIpc) is 2.10. The third kappa shape index (κ3) is 2.58. The van der Waals surface area contributed by atoms with Gasteiger partial charge in [0.2, 0.25) is 12.3 Å². The van der Waals surface area contributed by atoms with E-state index in [9.17, 15) is 9.59 Å². The zero-order valence-corrected chi connectivity index (χ0v) is 8.13. The quantitative estimate of drug-likeness (QED) is 0.713. The first-order valence-corrected chi connectivity index (χ1v) is 4.22. The summed E-state index contributed by atoms with van der Waals surface area (Å²) >= 11 is 0. The van der Waals surface area contributed by atoms with Crippen LogP contribution < -0.4 is 10.6 Å². The van der Waals surface area contributed by atoms with Crippen LogP contribution in [0, 0.1) is 6.92 Å². The van der Waals surface area contributed by atoms with E-state index in [-0.39, 0.29) is 5.91 Å². The van der Waals surface area contributed by atoms with Crippen molar-refractivity contribution in [2.75, 3.05) is 10.6 Å². The van der Waals surface area contributed by atoms with E-state index in [2.05, 4.69) is 10.6 Å². The summed E-state index contributed by atoms with van der Waals surface area (Å²) < 4.78 is 0. The van der Waals surface area contributed by atoms with Gasteiger partial charge in [0.05, 0.1) is 0 Å². The van der Waals surface area contributed by atoms with Gasteiger partial charge >= 0.3 is 0 Å². The van der Waals surface area contributed by atoms with Crippen molar-refractivity contribution >= 4 is 23.7 Å². The molecule has 0 heterocycles. The molecule has 0 unspecified atom stereocenters. The molecular formula is C10H12N2O2. The Kier molecular flexibility index (Phi) is 3.23. The molecule has 0 bridgehead atoms. The number of hydrogen-bond donors (Lipinski definition) is 2. The number of benzene rings is 1.